The molecule has 0 aliphatic heterocycles. The molecule has 6 heteroatoms. The fourth-order valence-electron chi connectivity index (χ4n) is 1.81. The Hall–Kier alpha value is -1.56. The molecule has 0 spiro atoms. The Morgan fingerprint density at radius 3 is 2.62 bits per heavy atom. The SMILES string of the molecule is CCOC(=O)C(=O)c1cc(Br)c(OC)c(OCC2CC2)c1. The van der Waals surface area contributed by atoms with Gasteiger partial charge < -0.3 is 14.2 Å². The van der Waals surface area contributed by atoms with Crippen LogP contribution >= 0.6 is 15.9 Å². The number of esters is 1. The average molecular weight is 357 g/mol. The van der Waals surface area contributed by atoms with Crippen LogP contribution < -0.4 is 9.47 Å². The summed E-state index contributed by atoms with van der Waals surface area (Å²) < 4.78 is 16.3. The highest BCUT2D eigenvalue weighted by Crippen LogP contribution is 2.38. The second-order valence-corrected chi connectivity index (χ2v) is 5.65. The summed E-state index contributed by atoms with van der Waals surface area (Å²) in [5.74, 6) is -0.0421. The number of methoxy groups -OCH3 is 1. The summed E-state index contributed by atoms with van der Waals surface area (Å²) in [6.45, 7) is 2.39. The Bertz CT molecular complexity index is 551. The first kappa shape index (κ1) is 15.8. The molecule has 1 aliphatic rings. The molecule has 0 heterocycles. The largest absolute Gasteiger partial charge is 0.492 e. The van der Waals surface area contributed by atoms with Crippen LogP contribution in [0.5, 0.6) is 11.5 Å². The lowest BCUT2D eigenvalue weighted by molar-refractivity contribution is -0.137. The molecular weight excluding hydrogens is 340 g/mol. The molecule has 1 fully saturated rings. The number of hydrogen-bond donors (Lipinski definition) is 0. The number of carbonyl (C=O) groups excluding carboxylic acids is 2. The van der Waals surface area contributed by atoms with Gasteiger partial charge in [0.2, 0.25) is 0 Å². The fourth-order valence-corrected chi connectivity index (χ4v) is 2.42. The first-order valence-electron chi connectivity index (χ1n) is 6.78. The van der Waals surface area contributed by atoms with Crippen LogP contribution in [0.25, 0.3) is 0 Å². The third kappa shape index (κ3) is 3.97. The highest BCUT2D eigenvalue weighted by Gasteiger charge is 2.25. The van der Waals surface area contributed by atoms with Crippen LogP contribution in [0.15, 0.2) is 16.6 Å². The van der Waals surface area contributed by atoms with Crippen LogP contribution in [0.1, 0.15) is 30.1 Å². The zero-order chi connectivity index (χ0) is 15.4. The summed E-state index contributed by atoms with van der Waals surface area (Å²) in [6, 6.07) is 3.05. The molecule has 1 saturated carbocycles. The van der Waals surface area contributed by atoms with Crippen molar-refractivity contribution in [3.05, 3.63) is 22.2 Å². The highest BCUT2D eigenvalue weighted by molar-refractivity contribution is 9.10. The van der Waals surface area contributed by atoms with Crippen LogP contribution in [0.4, 0.5) is 0 Å². The third-order valence-corrected chi connectivity index (χ3v) is 3.70. The van der Waals surface area contributed by atoms with Crippen molar-refractivity contribution in [2.75, 3.05) is 20.3 Å². The van der Waals surface area contributed by atoms with E-state index in [2.05, 4.69) is 15.9 Å². The number of hydrogen-bond acceptors (Lipinski definition) is 5. The van der Waals surface area contributed by atoms with Crippen molar-refractivity contribution in [2.24, 2.45) is 5.92 Å². The molecule has 0 saturated heterocycles. The van der Waals surface area contributed by atoms with Gasteiger partial charge in [0.1, 0.15) is 0 Å². The van der Waals surface area contributed by atoms with E-state index in [1.54, 1.807) is 6.92 Å². The lowest BCUT2D eigenvalue weighted by Gasteiger charge is -2.13. The minimum absolute atomic E-state index is 0.160. The number of halogens is 1. The molecule has 0 amide bonds. The molecule has 0 N–H and O–H groups in total. The standard InChI is InChI=1S/C15H17BrO5/c1-3-20-15(18)13(17)10-6-11(16)14(19-2)12(7-10)21-8-9-4-5-9/h6-7,9H,3-5,8H2,1-2H3. The van der Waals surface area contributed by atoms with Gasteiger partial charge in [0, 0.05) is 5.56 Å². The van der Waals surface area contributed by atoms with Crippen molar-refractivity contribution in [1.82, 2.24) is 0 Å². The van der Waals surface area contributed by atoms with E-state index in [1.165, 1.54) is 19.2 Å². The Balaban J connectivity index is 2.24. The molecule has 0 atom stereocenters. The molecule has 114 valence electrons. The number of ether oxygens (including phenoxy) is 3. The van der Waals surface area contributed by atoms with Gasteiger partial charge in [0.05, 0.1) is 24.8 Å². The minimum Gasteiger partial charge on any atom is -0.492 e. The Labute approximate surface area is 131 Å². The smallest absolute Gasteiger partial charge is 0.379 e. The van der Waals surface area contributed by atoms with Crippen molar-refractivity contribution in [3.63, 3.8) is 0 Å². The molecule has 0 aromatic heterocycles. The van der Waals surface area contributed by atoms with Crippen molar-refractivity contribution in [1.29, 1.82) is 0 Å². The Morgan fingerprint density at radius 1 is 1.33 bits per heavy atom. The number of carbonyl (C=O) groups is 2. The summed E-state index contributed by atoms with van der Waals surface area (Å²) in [6.07, 6.45) is 2.32. The van der Waals surface area contributed by atoms with Crippen LogP contribution in [-0.2, 0) is 9.53 Å². The number of rotatable bonds is 7. The van der Waals surface area contributed by atoms with Gasteiger partial charge >= 0.3 is 5.97 Å². The van der Waals surface area contributed by atoms with Gasteiger partial charge in [-0.1, -0.05) is 0 Å². The first-order valence-corrected chi connectivity index (χ1v) is 7.57. The zero-order valence-corrected chi connectivity index (χ0v) is 13.6. The summed E-state index contributed by atoms with van der Waals surface area (Å²) in [5, 5.41) is 0. The van der Waals surface area contributed by atoms with Crippen molar-refractivity contribution in [2.45, 2.75) is 19.8 Å². The summed E-state index contributed by atoms with van der Waals surface area (Å²) in [5.41, 5.74) is 0.215. The van der Waals surface area contributed by atoms with Crippen LogP contribution in [-0.4, -0.2) is 32.1 Å². The predicted octanol–water partition coefficient (Wildman–Crippen LogP) is 2.99. The molecule has 2 rings (SSSR count). The molecular formula is C15H17BrO5. The van der Waals surface area contributed by atoms with E-state index in [0.29, 0.717) is 28.5 Å². The minimum atomic E-state index is -0.872. The van der Waals surface area contributed by atoms with Gasteiger partial charge in [-0.25, -0.2) is 4.79 Å². The van der Waals surface area contributed by atoms with Crippen LogP contribution in [0, 0.1) is 5.92 Å². The summed E-state index contributed by atoms with van der Waals surface area (Å²) in [7, 11) is 1.52. The van der Waals surface area contributed by atoms with Crippen molar-refractivity contribution in [3.8, 4) is 11.5 Å². The maximum absolute atomic E-state index is 12.0. The maximum atomic E-state index is 12.0. The zero-order valence-electron chi connectivity index (χ0n) is 12.0. The van der Waals surface area contributed by atoms with E-state index in [1.807, 2.05) is 0 Å². The normalized spacial score (nSPS) is 13.7. The molecule has 1 aliphatic carbocycles. The highest BCUT2D eigenvalue weighted by atomic mass is 79.9. The van der Waals surface area contributed by atoms with Gasteiger partial charge in [-0.2, -0.15) is 0 Å². The van der Waals surface area contributed by atoms with E-state index in [4.69, 9.17) is 14.2 Å². The monoisotopic (exact) mass is 356 g/mol. The Kier molecular flexibility index (Phi) is 5.22. The third-order valence-electron chi connectivity index (χ3n) is 3.11. The average Bonchev–Trinajstić information content (AvgIpc) is 3.28. The molecule has 1 aromatic rings. The topological polar surface area (TPSA) is 61.8 Å². The van der Waals surface area contributed by atoms with Crippen LogP contribution in [0.2, 0.25) is 0 Å². The van der Waals surface area contributed by atoms with Gasteiger partial charge in [-0.15, -0.1) is 0 Å². The maximum Gasteiger partial charge on any atom is 0.379 e. The van der Waals surface area contributed by atoms with E-state index in [9.17, 15) is 9.59 Å². The fraction of sp³-hybridized carbons (Fsp3) is 0.467. The lowest BCUT2D eigenvalue weighted by atomic mass is 10.1. The van der Waals surface area contributed by atoms with Gasteiger partial charge in [0.15, 0.2) is 11.5 Å². The second-order valence-electron chi connectivity index (χ2n) is 4.79. The number of Topliss-reactive ketones (excluding diaryl/α,β-unsaturated/α-hetero) is 1. The van der Waals surface area contributed by atoms with E-state index < -0.39 is 11.8 Å². The van der Waals surface area contributed by atoms with E-state index in [-0.39, 0.29) is 12.2 Å². The molecule has 21 heavy (non-hydrogen) atoms. The van der Waals surface area contributed by atoms with E-state index in [0.717, 1.165) is 12.8 Å². The van der Waals surface area contributed by atoms with Crippen molar-refractivity contribution < 1.29 is 23.8 Å². The van der Waals surface area contributed by atoms with Crippen molar-refractivity contribution >= 4 is 27.7 Å². The van der Waals surface area contributed by atoms with E-state index >= 15 is 0 Å². The van der Waals surface area contributed by atoms with Gasteiger partial charge in [-0.05, 0) is 53.7 Å². The lowest BCUT2D eigenvalue weighted by Crippen LogP contribution is -2.17. The molecule has 0 unspecified atom stereocenters. The number of ketones is 1. The van der Waals surface area contributed by atoms with Gasteiger partial charge in [-0.3, -0.25) is 4.79 Å². The molecule has 0 bridgehead atoms. The predicted molar refractivity (Wildman–Crippen MR) is 79.9 cm³/mol. The second kappa shape index (κ2) is 6.93. The quantitative estimate of drug-likeness (QED) is 0.427. The van der Waals surface area contributed by atoms with Gasteiger partial charge in [0.25, 0.3) is 5.78 Å². The van der Waals surface area contributed by atoms with Crippen LogP contribution in [0.3, 0.4) is 0 Å². The first-order chi connectivity index (χ1) is 10.1. The molecule has 1 aromatic carbocycles. The number of benzene rings is 1. The summed E-state index contributed by atoms with van der Waals surface area (Å²) in [4.78, 5) is 23.5. The molecule has 5 nitrogen and oxygen atoms in total. The summed E-state index contributed by atoms with van der Waals surface area (Å²) >= 11 is 3.33. The Morgan fingerprint density at radius 2 is 2.05 bits per heavy atom. The molecule has 0 radical (unpaired) electrons.